The zero-order chi connectivity index (χ0) is 13.2. The van der Waals surface area contributed by atoms with Crippen molar-refractivity contribution in [3.8, 4) is 5.75 Å². The fraction of sp³-hybridized carbons (Fsp3) is 0.400. The average molecular weight is 246 g/mol. The summed E-state index contributed by atoms with van der Waals surface area (Å²) in [5.41, 5.74) is 2.55. The van der Waals surface area contributed by atoms with Gasteiger partial charge in [-0.05, 0) is 19.1 Å². The maximum Gasteiger partial charge on any atom is 0.316 e. The number of hydrogen-bond donors (Lipinski definition) is 1. The molecular weight excluding hydrogens is 234 g/mol. The normalized spacial score (nSPS) is 14.5. The summed E-state index contributed by atoms with van der Waals surface area (Å²) in [6, 6.07) is 3.91. The molecule has 94 valence electrons. The molecule has 1 atom stereocenters. The summed E-state index contributed by atoms with van der Waals surface area (Å²) in [6.07, 6.45) is -2.92. The van der Waals surface area contributed by atoms with Crippen molar-refractivity contribution >= 4 is 5.69 Å². The molecule has 0 aromatic heterocycles. The number of benzene rings is 1. The van der Waals surface area contributed by atoms with Crippen molar-refractivity contribution in [3.63, 3.8) is 0 Å². The van der Waals surface area contributed by atoms with E-state index in [4.69, 9.17) is 10.5 Å². The van der Waals surface area contributed by atoms with E-state index in [0.29, 0.717) is 0 Å². The predicted molar refractivity (Wildman–Crippen MR) is 57.2 cm³/mol. The van der Waals surface area contributed by atoms with Crippen molar-refractivity contribution in [2.75, 3.05) is 7.11 Å². The van der Waals surface area contributed by atoms with Gasteiger partial charge in [-0.2, -0.15) is 0 Å². The summed E-state index contributed by atoms with van der Waals surface area (Å²) in [5.74, 6) is -0.0928. The Morgan fingerprint density at radius 3 is 2.53 bits per heavy atom. The molecule has 0 saturated carbocycles. The van der Waals surface area contributed by atoms with Crippen LogP contribution in [0.1, 0.15) is 12.5 Å². The number of methoxy groups -OCH3 is 1. The Morgan fingerprint density at radius 1 is 1.53 bits per heavy atom. The van der Waals surface area contributed by atoms with Crippen LogP contribution in [0.3, 0.4) is 0 Å². The van der Waals surface area contributed by atoms with Crippen LogP contribution < -0.4 is 10.5 Å². The third kappa shape index (κ3) is 2.33. The first-order valence-electron chi connectivity index (χ1n) is 4.71. The van der Waals surface area contributed by atoms with Crippen molar-refractivity contribution in [1.82, 2.24) is 0 Å². The number of nitro groups is 1. The minimum Gasteiger partial charge on any atom is -0.490 e. The Kier molecular flexibility index (Phi) is 3.62. The van der Waals surface area contributed by atoms with E-state index >= 15 is 0 Å². The average Bonchev–Trinajstić information content (AvgIpc) is 2.27. The van der Waals surface area contributed by atoms with Gasteiger partial charge in [0.05, 0.1) is 17.6 Å². The molecule has 0 heterocycles. The predicted octanol–water partition coefficient (Wildman–Crippen LogP) is 2.04. The summed E-state index contributed by atoms with van der Waals surface area (Å²) >= 11 is 0. The number of halogens is 2. The van der Waals surface area contributed by atoms with Gasteiger partial charge in [-0.25, -0.2) is 8.78 Å². The van der Waals surface area contributed by atoms with Crippen LogP contribution in [0.15, 0.2) is 18.2 Å². The zero-order valence-electron chi connectivity index (χ0n) is 9.31. The highest BCUT2D eigenvalue weighted by Gasteiger charge is 2.39. The van der Waals surface area contributed by atoms with Gasteiger partial charge in [0.1, 0.15) is 5.54 Å². The fourth-order valence-corrected chi connectivity index (χ4v) is 1.43. The van der Waals surface area contributed by atoms with Gasteiger partial charge in [0.25, 0.3) is 6.43 Å². The fourth-order valence-electron chi connectivity index (χ4n) is 1.43. The molecule has 0 fully saturated rings. The molecule has 0 aliphatic heterocycles. The number of rotatable bonds is 4. The van der Waals surface area contributed by atoms with E-state index < -0.39 is 22.6 Å². The molecule has 7 heteroatoms. The van der Waals surface area contributed by atoms with Gasteiger partial charge in [-0.15, -0.1) is 0 Å². The van der Waals surface area contributed by atoms with Crippen molar-refractivity contribution in [2.24, 2.45) is 5.73 Å². The standard InChI is InChI=1S/C10H12F2N2O3/c1-10(13,9(11)12)6-4-3-5-7(17-2)8(6)14(15)16/h3-5,9H,13H2,1-2H3. The lowest BCUT2D eigenvalue weighted by atomic mass is 9.92. The molecule has 5 nitrogen and oxygen atoms in total. The monoisotopic (exact) mass is 246 g/mol. The molecular formula is C10H12F2N2O3. The van der Waals surface area contributed by atoms with Gasteiger partial charge in [-0.3, -0.25) is 10.1 Å². The van der Waals surface area contributed by atoms with Crippen molar-refractivity contribution in [3.05, 3.63) is 33.9 Å². The number of ether oxygens (including phenoxy) is 1. The zero-order valence-corrected chi connectivity index (χ0v) is 9.31. The molecule has 0 aliphatic rings. The van der Waals surface area contributed by atoms with Gasteiger partial charge in [0.15, 0.2) is 5.75 Å². The Hall–Kier alpha value is -1.76. The summed E-state index contributed by atoms with van der Waals surface area (Å²) in [6.45, 7) is 1.04. The van der Waals surface area contributed by atoms with E-state index in [2.05, 4.69) is 0 Å². The second kappa shape index (κ2) is 4.62. The number of hydrogen-bond acceptors (Lipinski definition) is 4. The molecule has 0 spiro atoms. The van der Waals surface area contributed by atoms with Crippen LogP contribution in [0, 0.1) is 10.1 Å². The quantitative estimate of drug-likeness (QED) is 0.651. The summed E-state index contributed by atoms with van der Waals surface area (Å²) in [5, 5.41) is 10.9. The first-order valence-corrected chi connectivity index (χ1v) is 4.71. The molecule has 1 aromatic carbocycles. The Balaban J connectivity index is 3.48. The molecule has 0 saturated heterocycles. The van der Waals surface area contributed by atoms with Crippen molar-refractivity contribution in [1.29, 1.82) is 0 Å². The second-order valence-corrected chi connectivity index (χ2v) is 3.70. The largest absolute Gasteiger partial charge is 0.490 e. The number of nitro benzene ring substituents is 1. The van der Waals surface area contributed by atoms with Crippen LogP contribution >= 0.6 is 0 Å². The molecule has 0 aliphatic carbocycles. The van der Waals surface area contributed by atoms with Gasteiger partial charge >= 0.3 is 5.69 Å². The second-order valence-electron chi connectivity index (χ2n) is 3.70. The van der Waals surface area contributed by atoms with E-state index in [0.717, 1.165) is 6.92 Å². The first kappa shape index (κ1) is 13.3. The molecule has 2 N–H and O–H groups in total. The maximum atomic E-state index is 12.8. The van der Waals surface area contributed by atoms with Crippen LogP contribution in [0.4, 0.5) is 14.5 Å². The lowest BCUT2D eigenvalue weighted by Crippen LogP contribution is -2.41. The van der Waals surface area contributed by atoms with Crippen LogP contribution in [0.2, 0.25) is 0 Å². The van der Waals surface area contributed by atoms with Gasteiger partial charge in [-0.1, -0.05) is 6.07 Å². The Bertz CT molecular complexity index is 436. The van der Waals surface area contributed by atoms with E-state index in [1.165, 1.54) is 25.3 Å². The first-order chi connectivity index (χ1) is 7.82. The highest BCUT2D eigenvalue weighted by molar-refractivity contribution is 5.55. The van der Waals surface area contributed by atoms with Crippen LogP contribution in [-0.2, 0) is 5.54 Å². The van der Waals surface area contributed by atoms with Gasteiger partial charge in [0.2, 0.25) is 0 Å². The van der Waals surface area contributed by atoms with Crippen LogP contribution in [0.25, 0.3) is 0 Å². The smallest absolute Gasteiger partial charge is 0.316 e. The van der Waals surface area contributed by atoms with Crippen molar-refractivity contribution in [2.45, 2.75) is 18.9 Å². The summed E-state index contributed by atoms with van der Waals surface area (Å²) in [4.78, 5) is 10.1. The lowest BCUT2D eigenvalue weighted by Gasteiger charge is -2.24. The molecule has 17 heavy (non-hydrogen) atoms. The molecule has 1 unspecified atom stereocenters. The highest BCUT2D eigenvalue weighted by Crippen LogP contribution is 2.38. The lowest BCUT2D eigenvalue weighted by molar-refractivity contribution is -0.387. The number of nitrogens with zero attached hydrogens (tertiary/aromatic N) is 1. The SMILES string of the molecule is COc1cccc(C(C)(N)C(F)F)c1[N+](=O)[O-]. The summed E-state index contributed by atoms with van der Waals surface area (Å²) < 4.78 is 30.4. The maximum absolute atomic E-state index is 12.8. The minimum absolute atomic E-state index is 0.0928. The highest BCUT2D eigenvalue weighted by atomic mass is 19.3. The van der Waals surface area contributed by atoms with E-state index in [-0.39, 0.29) is 11.3 Å². The molecule has 0 bridgehead atoms. The number of nitrogens with two attached hydrogens (primary N) is 1. The van der Waals surface area contributed by atoms with E-state index in [9.17, 15) is 18.9 Å². The summed E-state index contributed by atoms with van der Waals surface area (Å²) in [7, 11) is 1.22. The molecule has 0 radical (unpaired) electrons. The van der Waals surface area contributed by atoms with E-state index in [1.807, 2.05) is 0 Å². The Labute approximate surface area is 96.3 Å². The third-order valence-electron chi connectivity index (χ3n) is 2.44. The number of para-hydroxylation sites is 1. The number of alkyl halides is 2. The van der Waals surface area contributed by atoms with Crippen LogP contribution in [0.5, 0.6) is 5.75 Å². The van der Waals surface area contributed by atoms with Gasteiger partial charge in [0, 0.05) is 0 Å². The van der Waals surface area contributed by atoms with Crippen molar-refractivity contribution < 1.29 is 18.4 Å². The molecule has 1 rings (SSSR count). The molecule has 1 aromatic rings. The van der Waals surface area contributed by atoms with Crippen LogP contribution in [-0.4, -0.2) is 18.5 Å². The Morgan fingerprint density at radius 2 is 2.12 bits per heavy atom. The topological polar surface area (TPSA) is 78.4 Å². The third-order valence-corrected chi connectivity index (χ3v) is 2.44. The van der Waals surface area contributed by atoms with Gasteiger partial charge < -0.3 is 10.5 Å². The minimum atomic E-state index is -2.92. The molecule has 0 amide bonds. The van der Waals surface area contributed by atoms with E-state index in [1.54, 1.807) is 0 Å².